The molecule has 114 valence electrons. The average molecular weight is 298 g/mol. The maximum atomic E-state index is 13.1. The highest BCUT2D eigenvalue weighted by Gasteiger charge is 2.35. The summed E-state index contributed by atoms with van der Waals surface area (Å²) in [6.45, 7) is 3.15. The van der Waals surface area contributed by atoms with E-state index in [9.17, 15) is 18.0 Å². The number of benzene rings is 1. The van der Waals surface area contributed by atoms with Crippen molar-refractivity contribution < 1.29 is 18.0 Å². The first kappa shape index (κ1) is 16.9. The van der Waals surface area contributed by atoms with E-state index in [2.05, 4.69) is 5.10 Å². The SMILES string of the molecule is C/C(=N\N(C)C)C(=O)/C=C(\c1ccc(C)cc1)C(F)(F)F. The smallest absolute Gasteiger partial charge is 0.303 e. The fourth-order valence-corrected chi connectivity index (χ4v) is 1.65. The van der Waals surface area contributed by atoms with Crippen LogP contribution in [0.15, 0.2) is 35.4 Å². The lowest BCUT2D eigenvalue weighted by atomic mass is 10.0. The van der Waals surface area contributed by atoms with Crippen LogP contribution in [-0.4, -0.2) is 36.8 Å². The third kappa shape index (κ3) is 5.06. The number of ketones is 1. The summed E-state index contributed by atoms with van der Waals surface area (Å²) in [6.07, 6.45) is -4.02. The molecule has 0 radical (unpaired) electrons. The Morgan fingerprint density at radius 3 is 2.14 bits per heavy atom. The lowest BCUT2D eigenvalue weighted by Gasteiger charge is -2.12. The van der Waals surface area contributed by atoms with Crippen LogP contribution in [0.1, 0.15) is 18.1 Å². The van der Waals surface area contributed by atoms with E-state index in [1.54, 1.807) is 33.2 Å². The zero-order valence-corrected chi connectivity index (χ0v) is 12.3. The second-order valence-corrected chi connectivity index (χ2v) is 4.82. The summed E-state index contributed by atoms with van der Waals surface area (Å²) >= 11 is 0. The third-order valence-corrected chi connectivity index (χ3v) is 2.65. The van der Waals surface area contributed by atoms with E-state index in [1.165, 1.54) is 24.1 Å². The Morgan fingerprint density at radius 1 is 1.19 bits per heavy atom. The lowest BCUT2D eigenvalue weighted by Crippen LogP contribution is -2.17. The minimum absolute atomic E-state index is 0.00568. The van der Waals surface area contributed by atoms with Crippen molar-refractivity contribution in [3.05, 3.63) is 41.5 Å². The highest BCUT2D eigenvalue weighted by molar-refractivity contribution is 6.44. The predicted molar refractivity (Wildman–Crippen MR) is 77.0 cm³/mol. The molecule has 1 aromatic rings. The van der Waals surface area contributed by atoms with E-state index in [-0.39, 0.29) is 11.3 Å². The molecular formula is C15H17F3N2O. The minimum atomic E-state index is -4.61. The van der Waals surface area contributed by atoms with Crippen molar-refractivity contribution in [3.8, 4) is 0 Å². The summed E-state index contributed by atoms with van der Waals surface area (Å²) in [6, 6.07) is 5.83. The van der Waals surface area contributed by atoms with Gasteiger partial charge in [0.2, 0.25) is 5.78 Å². The van der Waals surface area contributed by atoms with E-state index in [0.717, 1.165) is 5.56 Å². The molecule has 0 saturated heterocycles. The number of nitrogens with zero attached hydrogens (tertiary/aromatic N) is 2. The van der Waals surface area contributed by atoms with Crippen LogP contribution >= 0.6 is 0 Å². The van der Waals surface area contributed by atoms with E-state index in [1.807, 2.05) is 0 Å². The van der Waals surface area contributed by atoms with Gasteiger partial charge in [0.1, 0.15) is 5.71 Å². The normalized spacial score (nSPS) is 13.3. The number of carbonyl (C=O) groups excluding carboxylic acids is 1. The van der Waals surface area contributed by atoms with Gasteiger partial charge in [-0.05, 0) is 19.4 Å². The largest absolute Gasteiger partial charge is 0.417 e. The first-order valence-electron chi connectivity index (χ1n) is 6.24. The van der Waals surface area contributed by atoms with E-state index in [4.69, 9.17) is 0 Å². The summed E-state index contributed by atoms with van der Waals surface area (Å²) in [5, 5.41) is 5.17. The standard InChI is InChI=1S/C15H17F3N2O/c1-10-5-7-12(8-6-10)13(15(16,17)18)9-14(21)11(2)19-20(3)4/h5-9H,1-4H3/b13-9+,19-11+. The van der Waals surface area contributed by atoms with Crippen LogP contribution in [0, 0.1) is 6.92 Å². The van der Waals surface area contributed by atoms with Crippen LogP contribution in [0.3, 0.4) is 0 Å². The van der Waals surface area contributed by atoms with Gasteiger partial charge in [0.25, 0.3) is 0 Å². The van der Waals surface area contributed by atoms with Crippen molar-refractivity contribution in [2.45, 2.75) is 20.0 Å². The van der Waals surface area contributed by atoms with Gasteiger partial charge < -0.3 is 5.01 Å². The van der Waals surface area contributed by atoms with Crippen LogP contribution in [0.2, 0.25) is 0 Å². The molecule has 1 aromatic carbocycles. The van der Waals surface area contributed by atoms with E-state index < -0.39 is 17.5 Å². The molecule has 0 aliphatic rings. The molecule has 0 aliphatic heterocycles. The van der Waals surface area contributed by atoms with Crippen LogP contribution in [0.5, 0.6) is 0 Å². The number of hydrogen-bond acceptors (Lipinski definition) is 3. The van der Waals surface area contributed by atoms with Crippen molar-refractivity contribution in [2.75, 3.05) is 14.1 Å². The van der Waals surface area contributed by atoms with Crippen molar-refractivity contribution in [1.29, 1.82) is 0 Å². The van der Waals surface area contributed by atoms with Gasteiger partial charge in [-0.15, -0.1) is 0 Å². The molecule has 3 nitrogen and oxygen atoms in total. The number of carbonyl (C=O) groups is 1. The molecule has 0 aromatic heterocycles. The Labute approximate surface area is 121 Å². The molecule has 0 bridgehead atoms. The third-order valence-electron chi connectivity index (χ3n) is 2.65. The Bertz CT molecular complexity index is 570. The van der Waals surface area contributed by atoms with Gasteiger partial charge in [-0.1, -0.05) is 29.8 Å². The first-order chi connectivity index (χ1) is 9.61. The minimum Gasteiger partial charge on any atom is -0.303 e. The second kappa shape index (κ2) is 6.56. The number of hydrazone groups is 1. The van der Waals surface area contributed by atoms with Gasteiger partial charge >= 0.3 is 6.18 Å². The molecule has 0 unspecified atom stereocenters. The molecular weight excluding hydrogens is 281 g/mol. The predicted octanol–water partition coefficient (Wildman–Crippen LogP) is 3.45. The van der Waals surface area contributed by atoms with Crippen molar-refractivity contribution in [1.82, 2.24) is 5.01 Å². The molecule has 0 atom stereocenters. The molecule has 0 fully saturated rings. The van der Waals surface area contributed by atoms with Crippen LogP contribution in [0.4, 0.5) is 13.2 Å². The van der Waals surface area contributed by atoms with Gasteiger partial charge in [0, 0.05) is 20.2 Å². The van der Waals surface area contributed by atoms with E-state index >= 15 is 0 Å². The molecule has 1 rings (SSSR count). The molecule has 0 spiro atoms. The molecule has 0 aliphatic carbocycles. The monoisotopic (exact) mass is 298 g/mol. The van der Waals surface area contributed by atoms with Gasteiger partial charge in [0.05, 0.1) is 5.57 Å². The average Bonchev–Trinajstić information content (AvgIpc) is 2.34. The quantitative estimate of drug-likeness (QED) is 0.484. The summed E-state index contributed by atoms with van der Waals surface area (Å²) in [4.78, 5) is 11.8. The number of hydrogen-bond donors (Lipinski definition) is 0. The first-order valence-corrected chi connectivity index (χ1v) is 6.24. The Balaban J connectivity index is 3.24. The highest BCUT2D eigenvalue weighted by atomic mass is 19.4. The fourth-order valence-electron chi connectivity index (χ4n) is 1.65. The molecule has 0 amide bonds. The number of halogens is 3. The van der Waals surface area contributed by atoms with Gasteiger partial charge in [0.15, 0.2) is 0 Å². The van der Waals surface area contributed by atoms with Crippen molar-refractivity contribution in [3.63, 3.8) is 0 Å². The van der Waals surface area contributed by atoms with Gasteiger partial charge in [-0.2, -0.15) is 18.3 Å². The van der Waals surface area contributed by atoms with Gasteiger partial charge in [-0.3, -0.25) is 4.79 Å². The molecule has 6 heteroatoms. The molecule has 0 N–H and O–H groups in total. The van der Waals surface area contributed by atoms with Crippen molar-refractivity contribution >= 4 is 17.1 Å². The van der Waals surface area contributed by atoms with Crippen LogP contribution < -0.4 is 0 Å². The Kier molecular flexibility index (Phi) is 5.29. The maximum absolute atomic E-state index is 13.1. The van der Waals surface area contributed by atoms with Crippen LogP contribution in [-0.2, 0) is 4.79 Å². The number of aryl methyl sites for hydroxylation is 1. The van der Waals surface area contributed by atoms with Crippen LogP contribution in [0.25, 0.3) is 5.57 Å². The van der Waals surface area contributed by atoms with Gasteiger partial charge in [-0.25, -0.2) is 0 Å². The number of alkyl halides is 3. The zero-order valence-electron chi connectivity index (χ0n) is 12.3. The summed E-state index contributed by atoms with van der Waals surface area (Å²) < 4.78 is 39.4. The zero-order chi connectivity index (χ0) is 16.2. The maximum Gasteiger partial charge on any atom is 0.417 e. The Hall–Kier alpha value is -2.11. The molecule has 21 heavy (non-hydrogen) atoms. The fraction of sp³-hybridized carbons (Fsp3) is 0.333. The second-order valence-electron chi connectivity index (χ2n) is 4.82. The summed E-state index contributed by atoms with van der Waals surface area (Å²) in [5.74, 6) is -0.767. The molecule has 0 heterocycles. The highest BCUT2D eigenvalue weighted by Crippen LogP contribution is 2.33. The number of rotatable bonds is 4. The van der Waals surface area contributed by atoms with Crippen molar-refractivity contribution in [2.24, 2.45) is 5.10 Å². The number of allylic oxidation sites excluding steroid dienone is 2. The van der Waals surface area contributed by atoms with E-state index in [0.29, 0.717) is 6.08 Å². The summed E-state index contributed by atoms with van der Waals surface area (Å²) in [7, 11) is 3.18. The topological polar surface area (TPSA) is 32.7 Å². The summed E-state index contributed by atoms with van der Waals surface area (Å²) in [5.41, 5.74) is -0.175. The Morgan fingerprint density at radius 2 is 1.71 bits per heavy atom. The lowest BCUT2D eigenvalue weighted by molar-refractivity contribution is -0.109. The molecule has 0 saturated carbocycles.